The predicted molar refractivity (Wildman–Crippen MR) is 121 cm³/mol. The summed E-state index contributed by atoms with van der Waals surface area (Å²) in [5.74, 6) is 0. The topological polar surface area (TPSA) is 6.48 Å². The van der Waals surface area contributed by atoms with E-state index < -0.39 is 0 Å². The fourth-order valence-corrected chi connectivity index (χ4v) is 3.68. The molecule has 142 valence electrons. The average molecular weight is 361 g/mol. The third-order valence-corrected chi connectivity index (χ3v) is 5.48. The Kier molecular flexibility index (Phi) is 5.74. The molecule has 0 unspecified atom stereocenters. The Morgan fingerprint density at radius 2 is 1.07 bits per heavy atom. The van der Waals surface area contributed by atoms with Gasteiger partial charge in [0.25, 0.3) is 0 Å². The monoisotopic (exact) mass is 360 g/mol. The first kappa shape index (κ1) is 19.3. The van der Waals surface area contributed by atoms with E-state index in [-0.39, 0.29) is 0 Å². The van der Waals surface area contributed by atoms with Gasteiger partial charge in [0, 0.05) is 39.6 Å². The van der Waals surface area contributed by atoms with Gasteiger partial charge in [0.05, 0.1) is 0 Å². The molecule has 2 aromatic rings. The molecule has 0 spiro atoms. The van der Waals surface area contributed by atoms with Gasteiger partial charge in [-0.2, -0.15) is 0 Å². The average Bonchev–Trinajstić information content (AvgIpc) is 3.05. The number of rotatable bonds is 4. The van der Waals surface area contributed by atoms with Crippen molar-refractivity contribution in [3.8, 4) is 0 Å². The van der Waals surface area contributed by atoms with Crippen LogP contribution < -0.4 is 9.80 Å². The minimum absolute atomic E-state index is 1.10. The Hall–Kier alpha value is -2.48. The minimum Gasteiger partial charge on any atom is -0.378 e. The molecule has 2 aromatic carbocycles. The summed E-state index contributed by atoms with van der Waals surface area (Å²) in [5, 5.41) is 0. The van der Waals surface area contributed by atoms with Crippen LogP contribution in [0.4, 0.5) is 11.4 Å². The van der Waals surface area contributed by atoms with Crippen LogP contribution in [0.1, 0.15) is 41.5 Å². The van der Waals surface area contributed by atoms with Crippen LogP contribution in [0.25, 0.3) is 12.2 Å². The molecule has 0 aliphatic heterocycles. The van der Waals surface area contributed by atoms with Crippen LogP contribution >= 0.6 is 0 Å². The van der Waals surface area contributed by atoms with Gasteiger partial charge in [-0.1, -0.05) is 35.4 Å². The van der Waals surface area contributed by atoms with Gasteiger partial charge in [-0.3, -0.25) is 0 Å². The van der Waals surface area contributed by atoms with Crippen LogP contribution in [0.5, 0.6) is 0 Å². The summed E-state index contributed by atoms with van der Waals surface area (Å²) in [6.45, 7) is 4.42. The third-order valence-electron chi connectivity index (χ3n) is 5.48. The van der Waals surface area contributed by atoms with Crippen LogP contribution in [0.3, 0.4) is 0 Å². The van der Waals surface area contributed by atoms with Crippen molar-refractivity contribution in [2.24, 2.45) is 0 Å². The lowest BCUT2D eigenvalue weighted by molar-refractivity contribution is 1.06. The van der Waals surface area contributed by atoms with Crippen LogP contribution in [0, 0.1) is 13.8 Å². The summed E-state index contributed by atoms with van der Waals surface area (Å²) in [6.07, 6.45) is 8.25. The molecule has 0 atom stereocenters. The van der Waals surface area contributed by atoms with Gasteiger partial charge in [-0.05, 0) is 79.6 Å². The smallest absolute Gasteiger partial charge is 0.0364 e. The molecule has 0 saturated heterocycles. The minimum atomic E-state index is 1.10. The molecule has 2 nitrogen and oxygen atoms in total. The van der Waals surface area contributed by atoms with Gasteiger partial charge < -0.3 is 9.80 Å². The lowest BCUT2D eigenvalue weighted by atomic mass is 10.0. The van der Waals surface area contributed by atoms with Crippen molar-refractivity contribution in [2.45, 2.75) is 33.1 Å². The molecule has 1 saturated carbocycles. The number of hydrogen-bond acceptors (Lipinski definition) is 2. The highest BCUT2D eigenvalue weighted by Crippen LogP contribution is 2.34. The highest BCUT2D eigenvalue weighted by molar-refractivity contribution is 5.66. The molecular weight excluding hydrogens is 328 g/mol. The first-order valence-corrected chi connectivity index (χ1v) is 9.78. The van der Waals surface area contributed by atoms with E-state index in [9.17, 15) is 0 Å². The Morgan fingerprint density at radius 3 is 1.41 bits per heavy atom. The number of nitrogens with zero attached hydrogens (tertiary/aromatic N) is 2. The fourth-order valence-electron chi connectivity index (χ4n) is 3.68. The second-order valence-electron chi connectivity index (χ2n) is 8.15. The zero-order valence-electron chi connectivity index (χ0n) is 17.6. The zero-order valence-corrected chi connectivity index (χ0v) is 17.6. The normalized spacial score (nSPS) is 17.0. The highest BCUT2D eigenvalue weighted by atomic mass is 15.1. The lowest BCUT2D eigenvalue weighted by Gasteiger charge is -2.14. The van der Waals surface area contributed by atoms with Crippen molar-refractivity contribution in [2.75, 3.05) is 38.0 Å². The van der Waals surface area contributed by atoms with E-state index in [2.05, 4.69) is 100 Å². The largest absolute Gasteiger partial charge is 0.378 e. The number of anilines is 2. The van der Waals surface area contributed by atoms with E-state index in [1.165, 1.54) is 46.5 Å². The van der Waals surface area contributed by atoms with Crippen molar-refractivity contribution in [1.82, 2.24) is 0 Å². The summed E-state index contributed by atoms with van der Waals surface area (Å²) in [7, 11) is 8.37. The van der Waals surface area contributed by atoms with Gasteiger partial charge in [0.2, 0.25) is 0 Å². The van der Waals surface area contributed by atoms with Crippen LogP contribution in [-0.2, 0) is 0 Å². The Bertz CT molecular complexity index is 812. The van der Waals surface area contributed by atoms with E-state index in [0.717, 1.165) is 6.42 Å². The van der Waals surface area contributed by atoms with Crippen molar-refractivity contribution < 1.29 is 0 Å². The molecule has 3 rings (SSSR count). The molecule has 0 aromatic heterocycles. The summed E-state index contributed by atoms with van der Waals surface area (Å²) in [6, 6.07) is 13.5. The third kappa shape index (κ3) is 4.63. The second kappa shape index (κ2) is 8.04. The molecule has 1 aliphatic rings. The molecule has 1 aliphatic carbocycles. The molecule has 27 heavy (non-hydrogen) atoms. The van der Waals surface area contributed by atoms with E-state index in [1.807, 2.05) is 0 Å². The zero-order chi connectivity index (χ0) is 19.6. The van der Waals surface area contributed by atoms with Crippen molar-refractivity contribution in [3.63, 3.8) is 0 Å². The predicted octanol–water partition coefficient (Wildman–Crippen LogP) is 6.09. The number of aryl methyl sites for hydroxylation is 2. The maximum absolute atomic E-state index is 2.40. The van der Waals surface area contributed by atoms with Gasteiger partial charge >= 0.3 is 0 Å². The number of allylic oxidation sites excluding steroid dienone is 2. The maximum atomic E-state index is 2.40. The summed E-state index contributed by atoms with van der Waals surface area (Å²) >= 11 is 0. The highest BCUT2D eigenvalue weighted by Gasteiger charge is 2.13. The van der Waals surface area contributed by atoms with E-state index >= 15 is 0 Å². The van der Waals surface area contributed by atoms with Gasteiger partial charge in [0.1, 0.15) is 0 Å². The van der Waals surface area contributed by atoms with Gasteiger partial charge in [-0.15, -0.1) is 0 Å². The van der Waals surface area contributed by atoms with Crippen LogP contribution in [0.2, 0.25) is 0 Å². The maximum Gasteiger partial charge on any atom is 0.0364 e. The van der Waals surface area contributed by atoms with E-state index in [1.54, 1.807) is 11.1 Å². The Balaban J connectivity index is 1.77. The number of hydrogen-bond donors (Lipinski definition) is 0. The van der Waals surface area contributed by atoms with Crippen molar-refractivity contribution in [1.29, 1.82) is 0 Å². The summed E-state index contributed by atoms with van der Waals surface area (Å²) in [4.78, 5) is 4.31. The summed E-state index contributed by atoms with van der Waals surface area (Å²) < 4.78 is 0. The molecule has 0 N–H and O–H groups in total. The van der Waals surface area contributed by atoms with E-state index in [4.69, 9.17) is 0 Å². The second-order valence-corrected chi connectivity index (χ2v) is 8.15. The first-order valence-electron chi connectivity index (χ1n) is 9.78. The quantitative estimate of drug-likeness (QED) is 0.651. The molecule has 0 bridgehead atoms. The molecule has 1 fully saturated rings. The van der Waals surface area contributed by atoms with Crippen molar-refractivity contribution >= 4 is 23.5 Å². The lowest BCUT2D eigenvalue weighted by Crippen LogP contribution is -2.08. The standard InChI is InChI=1S/C25H32N2/c1-18-13-24(26(3)4)11-9-22(18)16-20-7-8-21(15-20)17-23-10-12-25(27(5)6)14-19(23)2/h9-14,16-17H,7-8,15H2,1-6H3. The van der Waals surface area contributed by atoms with Crippen molar-refractivity contribution in [3.05, 3.63) is 69.8 Å². The van der Waals surface area contributed by atoms with Crippen LogP contribution in [0.15, 0.2) is 47.5 Å². The molecule has 2 heteroatoms. The van der Waals surface area contributed by atoms with Gasteiger partial charge in [0.15, 0.2) is 0 Å². The van der Waals surface area contributed by atoms with Gasteiger partial charge in [-0.25, -0.2) is 0 Å². The SMILES string of the molecule is Cc1cc(N(C)C)ccc1C=C1CCC(=Cc2ccc(N(C)C)cc2C)C1. The first-order chi connectivity index (χ1) is 12.8. The molecular formula is C25H32N2. The fraction of sp³-hybridized carbons (Fsp3) is 0.360. The Morgan fingerprint density at radius 1 is 0.667 bits per heavy atom. The molecule has 0 heterocycles. The van der Waals surface area contributed by atoms with E-state index in [0.29, 0.717) is 0 Å². The summed E-state index contributed by atoms with van der Waals surface area (Å²) in [5.41, 5.74) is 11.0. The Labute approximate surface area is 164 Å². The molecule has 0 amide bonds. The number of benzene rings is 2. The molecule has 0 radical (unpaired) electrons. The van der Waals surface area contributed by atoms with Crippen LogP contribution in [-0.4, -0.2) is 28.2 Å².